The number of nitrogens with one attached hydrogen (secondary N) is 1. The third-order valence-corrected chi connectivity index (χ3v) is 5.97. The number of nitrogens with two attached hydrogens (primary N) is 1. The van der Waals surface area contributed by atoms with Crippen molar-refractivity contribution in [1.29, 1.82) is 0 Å². The summed E-state index contributed by atoms with van der Waals surface area (Å²) in [6, 6.07) is 7.20. The summed E-state index contributed by atoms with van der Waals surface area (Å²) < 4.78 is 44.8. The Labute approximate surface area is 188 Å². The molecule has 33 heavy (non-hydrogen) atoms. The van der Waals surface area contributed by atoms with Crippen LogP contribution >= 0.6 is 0 Å². The number of amides is 1. The summed E-state index contributed by atoms with van der Waals surface area (Å²) in [6.07, 6.45) is -4.15. The number of nitrogen functional groups attached to an aromatic ring is 1. The average Bonchev–Trinajstić information content (AvgIpc) is 2.93. The molecule has 3 aromatic rings. The van der Waals surface area contributed by atoms with Crippen LogP contribution in [-0.2, 0) is 27.7 Å². The molecule has 0 saturated carbocycles. The molecule has 174 valence electrons. The van der Waals surface area contributed by atoms with Crippen LogP contribution in [0, 0.1) is 6.92 Å². The molecule has 1 amide bonds. The van der Waals surface area contributed by atoms with E-state index in [1.54, 1.807) is 20.9 Å². The van der Waals surface area contributed by atoms with E-state index in [-0.39, 0.29) is 11.6 Å². The first kappa shape index (κ1) is 22.8. The van der Waals surface area contributed by atoms with Crippen molar-refractivity contribution >= 4 is 34.0 Å². The van der Waals surface area contributed by atoms with Crippen molar-refractivity contribution in [3.8, 4) is 0 Å². The summed E-state index contributed by atoms with van der Waals surface area (Å²) >= 11 is 0. The SMILES string of the molecule is CO[C@]1(C)C(=O)N(C)c2cc3c(NCCc4cc(N)cc(C(F)(F)F)c4)nc(C)nc3cc21. The highest BCUT2D eigenvalue weighted by Crippen LogP contribution is 2.44. The molecular formula is C23H24F3N5O2. The third-order valence-electron chi connectivity index (χ3n) is 5.97. The zero-order valence-electron chi connectivity index (χ0n) is 18.7. The Morgan fingerprint density at radius 2 is 1.91 bits per heavy atom. The Kier molecular flexibility index (Phi) is 5.44. The molecule has 1 aromatic heterocycles. The summed E-state index contributed by atoms with van der Waals surface area (Å²) in [4.78, 5) is 23.3. The zero-order valence-corrected chi connectivity index (χ0v) is 18.7. The van der Waals surface area contributed by atoms with Gasteiger partial charge in [0, 0.05) is 37.3 Å². The lowest BCUT2D eigenvalue weighted by molar-refractivity contribution is -0.138. The number of anilines is 3. The summed E-state index contributed by atoms with van der Waals surface area (Å²) in [7, 11) is 3.17. The van der Waals surface area contributed by atoms with Crippen LogP contribution in [0.3, 0.4) is 0 Å². The van der Waals surface area contributed by atoms with Gasteiger partial charge in [-0.15, -0.1) is 0 Å². The van der Waals surface area contributed by atoms with Gasteiger partial charge in [-0.1, -0.05) is 0 Å². The Hall–Kier alpha value is -3.40. The number of fused-ring (bicyclic) bond motifs is 2. The molecular weight excluding hydrogens is 435 g/mol. The van der Waals surface area contributed by atoms with Gasteiger partial charge in [-0.05, 0) is 56.2 Å². The largest absolute Gasteiger partial charge is 0.416 e. The number of benzene rings is 2. The molecule has 1 aliphatic heterocycles. The number of hydrogen-bond acceptors (Lipinski definition) is 6. The monoisotopic (exact) mass is 459 g/mol. The molecule has 2 heterocycles. The first-order chi connectivity index (χ1) is 15.4. The minimum Gasteiger partial charge on any atom is -0.399 e. The van der Waals surface area contributed by atoms with Crippen molar-refractivity contribution in [3.05, 3.63) is 52.8 Å². The van der Waals surface area contributed by atoms with Gasteiger partial charge in [-0.3, -0.25) is 4.79 Å². The lowest BCUT2D eigenvalue weighted by Crippen LogP contribution is -2.37. The van der Waals surface area contributed by atoms with E-state index in [4.69, 9.17) is 10.5 Å². The number of methoxy groups -OCH3 is 1. The van der Waals surface area contributed by atoms with Crippen LogP contribution in [-0.4, -0.2) is 36.6 Å². The number of carbonyl (C=O) groups excluding carboxylic acids is 1. The fourth-order valence-corrected chi connectivity index (χ4v) is 4.17. The third kappa shape index (κ3) is 3.95. The maximum Gasteiger partial charge on any atom is 0.416 e. The van der Waals surface area contributed by atoms with Gasteiger partial charge >= 0.3 is 6.18 Å². The smallest absolute Gasteiger partial charge is 0.399 e. The molecule has 1 aliphatic rings. The number of aromatic nitrogens is 2. The lowest BCUT2D eigenvalue weighted by atomic mass is 9.96. The van der Waals surface area contributed by atoms with E-state index in [0.29, 0.717) is 52.3 Å². The minimum atomic E-state index is -4.46. The maximum absolute atomic E-state index is 13.1. The van der Waals surface area contributed by atoms with E-state index in [1.165, 1.54) is 18.1 Å². The number of aryl methyl sites for hydroxylation is 1. The summed E-state index contributed by atoms with van der Waals surface area (Å²) in [5, 5.41) is 3.90. The molecule has 4 rings (SSSR count). The molecule has 0 radical (unpaired) electrons. The summed E-state index contributed by atoms with van der Waals surface area (Å²) in [5.74, 6) is 0.869. The van der Waals surface area contributed by atoms with Gasteiger partial charge in [0.1, 0.15) is 11.6 Å². The predicted octanol–water partition coefficient (Wildman–Crippen LogP) is 4.03. The molecule has 2 aromatic carbocycles. The first-order valence-corrected chi connectivity index (χ1v) is 10.3. The van der Waals surface area contributed by atoms with Crippen molar-refractivity contribution in [3.63, 3.8) is 0 Å². The van der Waals surface area contributed by atoms with Crippen molar-refractivity contribution in [2.24, 2.45) is 0 Å². The number of ether oxygens (including phenoxy) is 1. The molecule has 0 aliphatic carbocycles. The second-order valence-electron chi connectivity index (χ2n) is 8.25. The van der Waals surface area contributed by atoms with Crippen LogP contribution in [0.1, 0.15) is 29.4 Å². The Morgan fingerprint density at radius 3 is 2.58 bits per heavy atom. The molecule has 10 heteroatoms. The van der Waals surface area contributed by atoms with Crippen LogP contribution in [0.2, 0.25) is 0 Å². The topological polar surface area (TPSA) is 93.4 Å². The quantitative estimate of drug-likeness (QED) is 0.560. The van der Waals surface area contributed by atoms with E-state index >= 15 is 0 Å². The highest BCUT2D eigenvalue weighted by molar-refractivity contribution is 6.09. The highest BCUT2D eigenvalue weighted by Gasteiger charge is 2.47. The van der Waals surface area contributed by atoms with Crippen molar-refractivity contribution in [2.45, 2.75) is 32.0 Å². The highest BCUT2D eigenvalue weighted by atomic mass is 19.4. The number of hydrogen-bond donors (Lipinski definition) is 2. The molecule has 0 saturated heterocycles. The molecule has 0 fully saturated rings. The molecule has 0 unspecified atom stereocenters. The summed E-state index contributed by atoms with van der Waals surface area (Å²) in [6.45, 7) is 3.80. The second kappa shape index (κ2) is 7.87. The van der Waals surface area contributed by atoms with Crippen LogP contribution < -0.4 is 16.0 Å². The Morgan fingerprint density at radius 1 is 1.18 bits per heavy atom. The molecule has 7 nitrogen and oxygen atoms in total. The molecule has 0 spiro atoms. The van der Waals surface area contributed by atoms with E-state index in [0.717, 1.165) is 12.1 Å². The van der Waals surface area contributed by atoms with Gasteiger partial charge in [-0.2, -0.15) is 13.2 Å². The molecule has 1 atom stereocenters. The van der Waals surface area contributed by atoms with Crippen molar-refractivity contribution in [2.75, 3.05) is 36.7 Å². The van der Waals surface area contributed by atoms with Gasteiger partial charge in [0.15, 0.2) is 5.60 Å². The number of likely N-dealkylation sites (N-methyl/N-ethyl adjacent to an activating group) is 1. The van der Waals surface area contributed by atoms with Crippen LogP contribution in [0.15, 0.2) is 30.3 Å². The standard InChI is InChI=1S/C23H24F3N5O2/c1-12-29-18-11-17-19(31(3)21(32)22(17,2)33-4)10-16(18)20(30-12)28-6-5-13-7-14(23(24,25)26)9-15(27)8-13/h7-11H,5-6,27H2,1-4H3,(H,28,29,30)/t22-/m0/s1. The van der Waals surface area contributed by atoms with Crippen LogP contribution in [0.5, 0.6) is 0 Å². The number of alkyl halides is 3. The zero-order chi connectivity index (χ0) is 24.1. The fraction of sp³-hybridized carbons (Fsp3) is 0.348. The maximum atomic E-state index is 13.1. The van der Waals surface area contributed by atoms with Crippen molar-refractivity contribution < 1.29 is 22.7 Å². The van der Waals surface area contributed by atoms with Crippen molar-refractivity contribution in [1.82, 2.24) is 9.97 Å². The fourth-order valence-electron chi connectivity index (χ4n) is 4.17. The second-order valence-corrected chi connectivity index (χ2v) is 8.25. The Balaban J connectivity index is 1.65. The van der Waals surface area contributed by atoms with E-state index in [9.17, 15) is 18.0 Å². The van der Waals surface area contributed by atoms with E-state index in [1.807, 2.05) is 12.1 Å². The molecule has 3 N–H and O–H groups in total. The normalized spacial score (nSPS) is 18.2. The number of carbonyl (C=O) groups is 1. The van der Waals surface area contributed by atoms with Crippen LogP contribution in [0.4, 0.5) is 30.4 Å². The lowest BCUT2D eigenvalue weighted by Gasteiger charge is -2.21. The van der Waals surface area contributed by atoms with Gasteiger partial charge in [0.2, 0.25) is 0 Å². The molecule has 0 bridgehead atoms. The minimum absolute atomic E-state index is 0.0626. The Bertz CT molecular complexity index is 1260. The predicted molar refractivity (Wildman–Crippen MR) is 120 cm³/mol. The van der Waals surface area contributed by atoms with E-state index in [2.05, 4.69) is 15.3 Å². The average molecular weight is 459 g/mol. The summed E-state index contributed by atoms with van der Waals surface area (Å²) in [5.41, 5.74) is 6.36. The van der Waals surface area contributed by atoms with Gasteiger partial charge in [0.25, 0.3) is 5.91 Å². The van der Waals surface area contributed by atoms with Crippen LogP contribution in [0.25, 0.3) is 10.9 Å². The van der Waals surface area contributed by atoms with Gasteiger partial charge in [0.05, 0.1) is 16.8 Å². The number of nitrogens with zero attached hydrogens (tertiary/aromatic N) is 3. The van der Waals surface area contributed by atoms with Gasteiger partial charge < -0.3 is 20.7 Å². The van der Waals surface area contributed by atoms with E-state index < -0.39 is 17.3 Å². The first-order valence-electron chi connectivity index (χ1n) is 10.3. The van der Waals surface area contributed by atoms with Gasteiger partial charge in [-0.25, -0.2) is 9.97 Å². The number of halogens is 3. The number of rotatable bonds is 5.